The van der Waals surface area contributed by atoms with Gasteiger partial charge in [0.1, 0.15) is 5.82 Å². The molecule has 144 valence electrons. The summed E-state index contributed by atoms with van der Waals surface area (Å²) in [7, 11) is 0. The Kier molecular flexibility index (Phi) is 6.60. The van der Waals surface area contributed by atoms with Gasteiger partial charge in [0, 0.05) is 13.1 Å². The van der Waals surface area contributed by atoms with Crippen molar-refractivity contribution in [1.29, 1.82) is 0 Å². The first-order chi connectivity index (χ1) is 13.6. The number of fused-ring (bicyclic) bond motifs is 1. The third kappa shape index (κ3) is 4.86. The Morgan fingerprint density at radius 3 is 2.71 bits per heavy atom. The number of amides is 1. The third-order valence-corrected chi connectivity index (χ3v) is 5.10. The summed E-state index contributed by atoms with van der Waals surface area (Å²) in [5.41, 5.74) is 1.40. The molecule has 0 spiro atoms. The van der Waals surface area contributed by atoms with Crippen molar-refractivity contribution in [2.24, 2.45) is 0 Å². The summed E-state index contributed by atoms with van der Waals surface area (Å²) in [5, 5.41) is 3.85. The van der Waals surface area contributed by atoms with Gasteiger partial charge in [-0.25, -0.2) is 9.37 Å². The van der Waals surface area contributed by atoms with Crippen LogP contribution in [0.5, 0.6) is 0 Å². The molecule has 28 heavy (non-hydrogen) atoms. The number of thioether (sulfide) groups is 1. The minimum atomic E-state index is -0.280. The molecule has 0 radical (unpaired) electrons. The molecule has 7 heteroatoms. The van der Waals surface area contributed by atoms with E-state index in [0.29, 0.717) is 35.6 Å². The zero-order valence-corrected chi connectivity index (χ0v) is 16.0. The molecule has 0 saturated carbocycles. The van der Waals surface area contributed by atoms with Crippen LogP contribution in [-0.4, -0.2) is 27.8 Å². The predicted molar refractivity (Wildman–Crippen MR) is 110 cm³/mol. The molecule has 0 aliphatic carbocycles. The van der Waals surface area contributed by atoms with Gasteiger partial charge in [-0.05, 0) is 36.2 Å². The third-order valence-electron chi connectivity index (χ3n) is 4.12. The number of rotatable bonds is 8. The number of carbonyl (C=O) groups is 1. The first-order valence-corrected chi connectivity index (χ1v) is 9.81. The van der Waals surface area contributed by atoms with Gasteiger partial charge in [-0.3, -0.25) is 14.2 Å². The summed E-state index contributed by atoms with van der Waals surface area (Å²) in [4.78, 5) is 29.3. The Balaban J connectivity index is 1.63. The Labute approximate surface area is 166 Å². The lowest BCUT2D eigenvalue weighted by atomic mass is 10.1. The summed E-state index contributed by atoms with van der Waals surface area (Å²) < 4.78 is 14.4. The molecule has 1 aromatic heterocycles. The number of hydrogen-bond acceptors (Lipinski definition) is 4. The lowest BCUT2D eigenvalue weighted by molar-refractivity contribution is -0.118. The number of nitrogens with zero attached hydrogens (tertiary/aromatic N) is 2. The minimum Gasteiger partial charge on any atom is -0.355 e. The fourth-order valence-corrected chi connectivity index (χ4v) is 3.56. The summed E-state index contributed by atoms with van der Waals surface area (Å²) in [6.45, 7) is 4.47. The number of halogens is 1. The van der Waals surface area contributed by atoms with Crippen LogP contribution in [0, 0.1) is 5.82 Å². The second-order valence-electron chi connectivity index (χ2n) is 6.13. The van der Waals surface area contributed by atoms with Crippen molar-refractivity contribution in [3.8, 4) is 0 Å². The quantitative estimate of drug-likeness (QED) is 0.360. The molecule has 0 atom stereocenters. The molecular formula is C21H20FN3O2S. The molecule has 5 nitrogen and oxygen atoms in total. The van der Waals surface area contributed by atoms with Crippen LogP contribution in [0.2, 0.25) is 0 Å². The van der Waals surface area contributed by atoms with Crippen molar-refractivity contribution in [2.45, 2.75) is 18.1 Å². The average Bonchev–Trinajstić information content (AvgIpc) is 2.70. The Bertz CT molecular complexity index is 1050. The van der Waals surface area contributed by atoms with Gasteiger partial charge in [0.15, 0.2) is 5.16 Å². The van der Waals surface area contributed by atoms with E-state index in [1.807, 2.05) is 6.07 Å². The zero-order chi connectivity index (χ0) is 19.9. The van der Waals surface area contributed by atoms with Crippen LogP contribution in [0.15, 0.2) is 71.1 Å². The number of hydrogen-bond donors (Lipinski definition) is 1. The van der Waals surface area contributed by atoms with Gasteiger partial charge < -0.3 is 5.32 Å². The van der Waals surface area contributed by atoms with Gasteiger partial charge >= 0.3 is 0 Å². The number of aromatic nitrogens is 2. The van der Waals surface area contributed by atoms with Crippen LogP contribution >= 0.6 is 11.8 Å². The van der Waals surface area contributed by atoms with E-state index >= 15 is 0 Å². The lowest BCUT2D eigenvalue weighted by Crippen LogP contribution is -2.28. The average molecular weight is 397 g/mol. The highest BCUT2D eigenvalue weighted by Crippen LogP contribution is 2.17. The number of nitrogens with one attached hydrogen (secondary N) is 1. The summed E-state index contributed by atoms with van der Waals surface area (Å²) in [6.07, 6.45) is 2.25. The molecule has 3 rings (SSSR count). The molecule has 0 aliphatic rings. The molecule has 3 aromatic rings. The van der Waals surface area contributed by atoms with Gasteiger partial charge in [-0.15, -0.1) is 6.58 Å². The van der Waals surface area contributed by atoms with E-state index in [-0.39, 0.29) is 23.0 Å². The summed E-state index contributed by atoms with van der Waals surface area (Å²) in [6, 6.07) is 13.3. The van der Waals surface area contributed by atoms with Crippen molar-refractivity contribution in [1.82, 2.24) is 14.9 Å². The van der Waals surface area contributed by atoms with Crippen LogP contribution in [0.1, 0.15) is 5.56 Å². The van der Waals surface area contributed by atoms with E-state index in [0.717, 1.165) is 5.56 Å². The lowest BCUT2D eigenvalue weighted by Gasteiger charge is -2.11. The van der Waals surface area contributed by atoms with Gasteiger partial charge in [-0.1, -0.05) is 42.1 Å². The van der Waals surface area contributed by atoms with Crippen LogP contribution in [0.3, 0.4) is 0 Å². The first kappa shape index (κ1) is 19.8. The maximum absolute atomic E-state index is 12.9. The van der Waals surface area contributed by atoms with E-state index in [9.17, 15) is 14.0 Å². The summed E-state index contributed by atoms with van der Waals surface area (Å²) >= 11 is 1.21. The van der Waals surface area contributed by atoms with Crippen molar-refractivity contribution in [3.63, 3.8) is 0 Å². The summed E-state index contributed by atoms with van der Waals surface area (Å²) in [5.74, 6) is -0.289. The van der Waals surface area contributed by atoms with E-state index in [2.05, 4.69) is 16.9 Å². The Morgan fingerprint density at radius 1 is 1.21 bits per heavy atom. The molecule has 1 N–H and O–H groups in total. The molecule has 1 amide bonds. The number of para-hydroxylation sites is 1. The monoisotopic (exact) mass is 397 g/mol. The van der Waals surface area contributed by atoms with E-state index in [1.165, 1.54) is 28.5 Å². The molecule has 1 heterocycles. The predicted octanol–water partition coefficient (Wildman–Crippen LogP) is 3.17. The highest BCUT2D eigenvalue weighted by Gasteiger charge is 2.12. The molecule has 0 unspecified atom stereocenters. The number of benzene rings is 2. The van der Waals surface area contributed by atoms with Crippen LogP contribution in [-0.2, 0) is 17.8 Å². The number of carbonyl (C=O) groups excluding carboxylic acids is 1. The standard InChI is InChI=1S/C21H20FN3O2S/c1-2-13-25-20(27)17-5-3-4-6-18(17)24-21(25)28-14-19(26)23-12-11-15-7-9-16(22)10-8-15/h2-10H,1,11-14H2,(H,23,26). The van der Waals surface area contributed by atoms with Gasteiger partial charge in [-0.2, -0.15) is 0 Å². The molecule has 0 bridgehead atoms. The molecule has 0 aliphatic heterocycles. The van der Waals surface area contributed by atoms with E-state index in [4.69, 9.17) is 0 Å². The van der Waals surface area contributed by atoms with Crippen LogP contribution < -0.4 is 10.9 Å². The molecule has 0 saturated heterocycles. The van der Waals surface area contributed by atoms with Crippen LogP contribution in [0.25, 0.3) is 10.9 Å². The molecule has 2 aromatic carbocycles. The highest BCUT2D eigenvalue weighted by atomic mass is 32.2. The van der Waals surface area contributed by atoms with E-state index in [1.54, 1.807) is 36.4 Å². The Morgan fingerprint density at radius 2 is 1.96 bits per heavy atom. The van der Waals surface area contributed by atoms with E-state index < -0.39 is 0 Å². The van der Waals surface area contributed by atoms with Crippen molar-refractivity contribution < 1.29 is 9.18 Å². The Hall–Kier alpha value is -2.93. The molecular weight excluding hydrogens is 377 g/mol. The van der Waals surface area contributed by atoms with Gasteiger partial charge in [0.05, 0.1) is 16.7 Å². The zero-order valence-electron chi connectivity index (χ0n) is 15.2. The maximum atomic E-state index is 12.9. The fourth-order valence-electron chi connectivity index (χ4n) is 2.73. The van der Waals surface area contributed by atoms with Crippen LogP contribution in [0.4, 0.5) is 4.39 Å². The smallest absolute Gasteiger partial charge is 0.262 e. The second kappa shape index (κ2) is 9.32. The molecule has 0 fully saturated rings. The normalized spacial score (nSPS) is 10.8. The highest BCUT2D eigenvalue weighted by molar-refractivity contribution is 7.99. The SMILES string of the molecule is C=CCn1c(SCC(=O)NCCc2ccc(F)cc2)nc2ccccc2c1=O. The van der Waals surface area contributed by atoms with Gasteiger partial charge in [0.25, 0.3) is 5.56 Å². The minimum absolute atomic E-state index is 0.144. The number of allylic oxidation sites excluding steroid dienone is 1. The van der Waals surface area contributed by atoms with Gasteiger partial charge in [0.2, 0.25) is 5.91 Å². The maximum Gasteiger partial charge on any atom is 0.262 e. The van der Waals surface area contributed by atoms with Crippen molar-refractivity contribution in [2.75, 3.05) is 12.3 Å². The van der Waals surface area contributed by atoms with Crippen molar-refractivity contribution >= 4 is 28.6 Å². The topological polar surface area (TPSA) is 64.0 Å². The van der Waals surface area contributed by atoms with Crippen molar-refractivity contribution in [3.05, 3.63) is 82.9 Å². The second-order valence-corrected chi connectivity index (χ2v) is 7.07. The first-order valence-electron chi connectivity index (χ1n) is 8.83. The largest absolute Gasteiger partial charge is 0.355 e. The fraction of sp³-hybridized carbons (Fsp3) is 0.190.